The van der Waals surface area contributed by atoms with Gasteiger partial charge in [-0.15, -0.1) is 0 Å². The third kappa shape index (κ3) is 4.46. The molecule has 2 N–H and O–H groups in total. The zero-order valence-electron chi connectivity index (χ0n) is 16.7. The van der Waals surface area contributed by atoms with Crippen molar-refractivity contribution >= 4 is 29.6 Å². The van der Waals surface area contributed by atoms with Crippen LogP contribution in [0.1, 0.15) is 17.2 Å². The lowest BCUT2D eigenvalue weighted by molar-refractivity contribution is -0.133. The Morgan fingerprint density at radius 1 is 1.23 bits per heavy atom. The monoisotopic (exact) mass is 437 g/mol. The molecule has 0 spiro atoms. The second kappa shape index (κ2) is 9.06. The summed E-state index contributed by atoms with van der Waals surface area (Å²) in [6, 6.07) is 18.3. The van der Waals surface area contributed by atoms with E-state index in [2.05, 4.69) is 15.8 Å². The second-order valence-electron chi connectivity index (χ2n) is 7.03. The summed E-state index contributed by atoms with van der Waals surface area (Å²) in [5.41, 5.74) is 4.16. The van der Waals surface area contributed by atoms with E-state index in [1.807, 2.05) is 36.4 Å². The maximum absolute atomic E-state index is 12.6. The molecule has 2 aromatic carbocycles. The predicted molar refractivity (Wildman–Crippen MR) is 117 cm³/mol. The van der Waals surface area contributed by atoms with Crippen LogP contribution in [0.15, 0.2) is 70.2 Å². The van der Waals surface area contributed by atoms with Gasteiger partial charge in [-0.05, 0) is 35.9 Å². The number of hydrogen-bond acceptors (Lipinski definition) is 5. The summed E-state index contributed by atoms with van der Waals surface area (Å²) in [5.74, 6) is -0.236. The molecule has 1 aliphatic heterocycles. The molecule has 3 aromatic rings. The smallest absolute Gasteiger partial charge is 0.253 e. The number of carbonyl (C=O) groups excluding carboxylic acids is 2. The van der Waals surface area contributed by atoms with Gasteiger partial charge in [-0.2, -0.15) is 5.10 Å². The number of halogens is 1. The van der Waals surface area contributed by atoms with Crippen LogP contribution in [0, 0.1) is 5.92 Å². The van der Waals surface area contributed by atoms with E-state index in [0.717, 1.165) is 11.1 Å². The first-order chi connectivity index (χ1) is 15.1. The van der Waals surface area contributed by atoms with Crippen molar-refractivity contribution in [3.8, 4) is 17.1 Å². The third-order valence-corrected chi connectivity index (χ3v) is 5.42. The number of furan rings is 1. The molecule has 2 heterocycles. The summed E-state index contributed by atoms with van der Waals surface area (Å²) in [4.78, 5) is 24.8. The quantitative estimate of drug-likeness (QED) is 0.350. The molecule has 0 bridgehead atoms. The normalized spacial score (nSPS) is 18.2. The lowest BCUT2D eigenvalue weighted by atomic mass is 9.88. The largest absolute Gasteiger partial charge is 0.495 e. The molecular formula is C23H20ClN3O4. The zero-order valence-corrected chi connectivity index (χ0v) is 17.4. The highest BCUT2D eigenvalue weighted by Crippen LogP contribution is 2.31. The SMILES string of the molecule is COc1ccc(-c2ccc(/C=N/NC(=O)[C@H]3C(=O)NC[C@H]3c3ccccc3)o2)cc1Cl. The predicted octanol–water partition coefficient (Wildman–Crippen LogP) is 3.59. The van der Waals surface area contributed by atoms with Crippen LogP contribution in [0.2, 0.25) is 5.02 Å². The Bertz CT molecular complexity index is 1130. The first kappa shape index (κ1) is 20.7. The molecule has 31 heavy (non-hydrogen) atoms. The number of rotatable bonds is 6. The Hall–Kier alpha value is -3.58. The first-order valence-corrected chi connectivity index (χ1v) is 10.0. The minimum absolute atomic E-state index is 0.237. The van der Waals surface area contributed by atoms with E-state index < -0.39 is 11.8 Å². The van der Waals surface area contributed by atoms with E-state index in [4.69, 9.17) is 20.8 Å². The van der Waals surface area contributed by atoms with E-state index in [1.165, 1.54) is 6.21 Å². The topological polar surface area (TPSA) is 92.9 Å². The van der Waals surface area contributed by atoms with E-state index in [1.54, 1.807) is 31.4 Å². The van der Waals surface area contributed by atoms with Gasteiger partial charge in [0.1, 0.15) is 23.2 Å². The van der Waals surface area contributed by atoms with Crippen LogP contribution in [0.25, 0.3) is 11.3 Å². The van der Waals surface area contributed by atoms with Crippen molar-refractivity contribution in [3.63, 3.8) is 0 Å². The van der Waals surface area contributed by atoms with Crippen LogP contribution in [-0.2, 0) is 9.59 Å². The van der Waals surface area contributed by atoms with Crippen LogP contribution >= 0.6 is 11.6 Å². The van der Waals surface area contributed by atoms with Crippen LogP contribution in [0.3, 0.4) is 0 Å². The standard InChI is InChI=1S/C23H20ClN3O4/c1-30-20-9-7-15(11-18(20)24)19-10-8-16(31-19)12-26-27-23(29)21-17(13-25-22(21)28)14-5-3-2-4-6-14/h2-12,17,21H,13H2,1H3,(H,25,28)(H,27,29)/b26-12+/t17-,21+/m0/s1. The maximum Gasteiger partial charge on any atom is 0.253 e. The number of carbonyl (C=O) groups is 2. The van der Waals surface area contributed by atoms with Gasteiger partial charge in [-0.1, -0.05) is 41.9 Å². The van der Waals surface area contributed by atoms with Gasteiger partial charge in [-0.3, -0.25) is 9.59 Å². The molecule has 0 radical (unpaired) electrons. The number of nitrogens with zero attached hydrogens (tertiary/aromatic N) is 1. The van der Waals surface area contributed by atoms with Crippen LogP contribution in [0.4, 0.5) is 0 Å². The van der Waals surface area contributed by atoms with Gasteiger partial charge in [0.2, 0.25) is 5.91 Å². The maximum atomic E-state index is 12.6. The van der Waals surface area contributed by atoms with Gasteiger partial charge in [0.15, 0.2) is 0 Å². The van der Waals surface area contributed by atoms with Gasteiger partial charge in [0.05, 0.1) is 18.3 Å². The third-order valence-electron chi connectivity index (χ3n) is 5.12. The fourth-order valence-corrected chi connectivity index (χ4v) is 3.82. The molecule has 158 valence electrons. The highest BCUT2D eigenvalue weighted by Gasteiger charge is 2.40. The van der Waals surface area contributed by atoms with Gasteiger partial charge < -0.3 is 14.5 Å². The Morgan fingerprint density at radius 2 is 2.03 bits per heavy atom. The van der Waals surface area contributed by atoms with E-state index in [9.17, 15) is 9.59 Å². The fraction of sp³-hybridized carbons (Fsp3) is 0.174. The average molecular weight is 438 g/mol. The summed E-state index contributed by atoms with van der Waals surface area (Å²) >= 11 is 6.16. The van der Waals surface area contributed by atoms with Crippen molar-refractivity contribution in [3.05, 3.63) is 77.0 Å². The van der Waals surface area contributed by atoms with E-state index in [-0.39, 0.29) is 11.8 Å². The van der Waals surface area contributed by atoms with Crippen molar-refractivity contribution in [2.75, 3.05) is 13.7 Å². The summed E-state index contributed by atoms with van der Waals surface area (Å²) in [7, 11) is 1.55. The molecule has 1 fully saturated rings. The van der Waals surface area contributed by atoms with Crippen molar-refractivity contribution < 1.29 is 18.7 Å². The Kier molecular flexibility index (Phi) is 6.04. The van der Waals surface area contributed by atoms with Gasteiger partial charge in [0.25, 0.3) is 5.91 Å². The van der Waals surface area contributed by atoms with Crippen molar-refractivity contribution in [1.82, 2.24) is 10.7 Å². The highest BCUT2D eigenvalue weighted by atomic mass is 35.5. The number of ether oxygens (including phenoxy) is 1. The van der Waals surface area contributed by atoms with Crippen molar-refractivity contribution in [2.45, 2.75) is 5.92 Å². The molecule has 1 aliphatic rings. The molecule has 7 nitrogen and oxygen atoms in total. The molecule has 0 saturated carbocycles. The number of hydrazone groups is 1. The fourth-order valence-electron chi connectivity index (χ4n) is 3.56. The van der Waals surface area contributed by atoms with Crippen molar-refractivity contribution in [1.29, 1.82) is 0 Å². The number of hydrogen-bond donors (Lipinski definition) is 2. The zero-order chi connectivity index (χ0) is 21.8. The van der Waals surface area contributed by atoms with Crippen molar-refractivity contribution in [2.24, 2.45) is 11.0 Å². The second-order valence-corrected chi connectivity index (χ2v) is 7.43. The molecular weight excluding hydrogens is 418 g/mol. The average Bonchev–Trinajstić information content (AvgIpc) is 3.41. The molecule has 1 saturated heterocycles. The molecule has 4 rings (SSSR count). The molecule has 0 aliphatic carbocycles. The summed E-state index contributed by atoms with van der Waals surface area (Å²) in [6.07, 6.45) is 1.39. The van der Waals surface area contributed by atoms with Crippen LogP contribution in [-0.4, -0.2) is 31.7 Å². The summed E-state index contributed by atoms with van der Waals surface area (Å²) < 4.78 is 10.9. The lowest BCUT2D eigenvalue weighted by Crippen LogP contribution is -2.34. The number of amides is 2. The van der Waals surface area contributed by atoms with Crippen LogP contribution < -0.4 is 15.5 Å². The first-order valence-electron chi connectivity index (χ1n) is 9.66. The van der Waals surface area contributed by atoms with Gasteiger partial charge >= 0.3 is 0 Å². The van der Waals surface area contributed by atoms with Crippen LogP contribution in [0.5, 0.6) is 5.75 Å². The van der Waals surface area contributed by atoms with Gasteiger partial charge in [0, 0.05) is 18.0 Å². The van der Waals surface area contributed by atoms with Gasteiger partial charge in [-0.25, -0.2) is 5.43 Å². The number of benzene rings is 2. The molecule has 8 heteroatoms. The Balaban J connectivity index is 1.42. The molecule has 0 unspecified atom stereocenters. The molecule has 2 atom stereocenters. The number of methoxy groups -OCH3 is 1. The Morgan fingerprint density at radius 3 is 2.77 bits per heavy atom. The minimum Gasteiger partial charge on any atom is -0.495 e. The Labute approximate surface area is 184 Å². The number of nitrogens with one attached hydrogen (secondary N) is 2. The molecule has 2 amide bonds. The summed E-state index contributed by atoms with van der Waals surface area (Å²) in [6.45, 7) is 0.413. The van der Waals surface area contributed by atoms with E-state index >= 15 is 0 Å². The minimum atomic E-state index is -0.840. The van der Waals surface area contributed by atoms with E-state index in [0.29, 0.717) is 28.8 Å². The summed E-state index contributed by atoms with van der Waals surface area (Å²) in [5, 5.41) is 7.18. The lowest BCUT2D eigenvalue weighted by Gasteiger charge is -2.15. The highest BCUT2D eigenvalue weighted by molar-refractivity contribution is 6.32. The molecule has 1 aromatic heterocycles.